The molecular formula is C20H24ClF3N4O3S. The Bertz CT molecular complexity index is 1130. The fourth-order valence-electron chi connectivity index (χ4n) is 3.36. The molecule has 0 unspecified atom stereocenters. The van der Waals surface area contributed by atoms with Gasteiger partial charge in [-0.15, -0.1) is 0 Å². The molecule has 1 aliphatic heterocycles. The number of piperazine rings is 1. The molecule has 12 heteroatoms. The van der Waals surface area contributed by atoms with E-state index in [4.69, 9.17) is 11.6 Å². The second-order valence-corrected chi connectivity index (χ2v) is 11.0. The molecule has 0 saturated carbocycles. The molecule has 1 aliphatic rings. The second kappa shape index (κ2) is 8.35. The topological polar surface area (TPSA) is 75.5 Å². The van der Waals surface area contributed by atoms with Gasteiger partial charge in [-0.1, -0.05) is 32.4 Å². The molecule has 2 aromatic rings. The zero-order chi connectivity index (χ0) is 24.1. The molecule has 2 heterocycles. The number of sulfonamides is 1. The number of carbonyl (C=O) groups is 1. The monoisotopic (exact) mass is 492 g/mol. The third kappa shape index (κ3) is 4.79. The first-order valence-electron chi connectivity index (χ1n) is 9.83. The molecular weight excluding hydrogens is 469 g/mol. The van der Waals surface area contributed by atoms with Crippen molar-refractivity contribution in [1.82, 2.24) is 19.0 Å². The van der Waals surface area contributed by atoms with E-state index in [0.29, 0.717) is 11.8 Å². The number of hydrogen-bond acceptors (Lipinski definition) is 4. The smallest absolute Gasteiger partial charge is 0.335 e. The summed E-state index contributed by atoms with van der Waals surface area (Å²) in [5.74, 6) is -0.279. The maximum Gasteiger partial charge on any atom is 0.417 e. The van der Waals surface area contributed by atoms with Gasteiger partial charge in [-0.3, -0.25) is 9.48 Å². The number of alkyl halides is 3. The molecule has 0 N–H and O–H groups in total. The summed E-state index contributed by atoms with van der Waals surface area (Å²) in [6, 6.07) is 4.23. The van der Waals surface area contributed by atoms with Gasteiger partial charge in [0.1, 0.15) is 5.69 Å². The van der Waals surface area contributed by atoms with Crippen LogP contribution in [0.2, 0.25) is 5.02 Å². The number of hydrogen-bond donors (Lipinski definition) is 0. The van der Waals surface area contributed by atoms with E-state index >= 15 is 0 Å². The highest BCUT2D eigenvalue weighted by Crippen LogP contribution is 2.36. The van der Waals surface area contributed by atoms with Crippen LogP contribution in [0.4, 0.5) is 13.2 Å². The Kier molecular flexibility index (Phi) is 6.40. The Morgan fingerprint density at radius 2 is 1.66 bits per heavy atom. The number of rotatable bonds is 3. The number of carbonyl (C=O) groups excluding carboxylic acids is 1. The van der Waals surface area contributed by atoms with Gasteiger partial charge in [0.25, 0.3) is 5.91 Å². The van der Waals surface area contributed by atoms with Gasteiger partial charge < -0.3 is 4.90 Å². The molecule has 1 aromatic carbocycles. The predicted molar refractivity (Wildman–Crippen MR) is 113 cm³/mol. The van der Waals surface area contributed by atoms with Crippen LogP contribution in [0.25, 0.3) is 0 Å². The lowest BCUT2D eigenvalue weighted by Crippen LogP contribution is -2.50. The van der Waals surface area contributed by atoms with Crippen molar-refractivity contribution in [2.24, 2.45) is 7.05 Å². The maximum atomic E-state index is 13.1. The molecule has 7 nitrogen and oxygen atoms in total. The highest BCUT2D eigenvalue weighted by atomic mass is 35.5. The minimum Gasteiger partial charge on any atom is -0.335 e. The molecule has 32 heavy (non-hydrogen) atoms. The van der Waals surface area contributed by atoms with E-state index in [1.807, 2.05) is 20.8 Å². The molecule has 0 radical (unpaired) electrons. The summed E-state index contributed by atoms with van der Waals surface area (Å²) < 4.78 is 67.7. The van der Waals surface area contributed by atoms with Crippen molar-refractivity contribution in [2.75, 3.05) is 26.2 Å². The highest BCUT2D eigenvalue weighted by Gasteiger charge is 2.37. The normalized spacial score (nSPS) is 16.4. The zero-order valence-corrected chi connectivity index (χ0v) is 19.6. The standard InChI is InChI=1S/C20H24ClF3N4O3S/c1-19(2,3)17-12-16(26(4)25-17)18(29)27-7-9-28(10-8-27)32(30,31)13-5-6-15(21)14(11-13)20(22,23)24/h5-6,11-12H,7-10H2,1-4H3. The molecule has 176 valence electrons. The number of aromatic nitrogens is 2. The van der Waals surface area contributed by atoms with Gasteiger partial charge in [-0.25, -0.2) is 8.42 Å². The fourth-order valence-corrected chi connectivity index (χ4v) is 5.03. The van der Waals surface area contributed by atoms with Crippen LogP contribution < -0.4 is 0 Å². The van der Waals surface area contributed by atoms with Crippen LogP contribution in [0.5, 0.6) is 0 Å². The lowest BCUT2D eigenvalue weighted by molar-refractivity contribution is -0.137. The van der Waals surface area contributed by atoms with Gasteiger partial charge in [0, 0.05) is 38.6 Å². The van der Waals surface area contributed by atoms with Crippen molar-refractivity contribution in [3.8, 4) is 0 Å². The Morgan fingerprint density at radius 1 is 1.06 bits per heavy atom. The maximum absolute atomic E-state index is 13.1. The first kappa shape index (κ1) is 24.5. The molecule has 1 aromatic heterocycles. The van der Waals surface area contributed by atoms with Crippen LogP contribution in [0.1, 0.15) is 42.5 Å². The molecule has 1 saturated heterocycles. The van der Waals surface area contributed by atoms with Crippen LogP contribution in [-0.4, -0.2) is 59.5 Å². The summed E-state index contributed by atoms with van der Waals surface area (Å²) in [5.41, 5.74) is -0.303. The van der Waals surface area contributed by atoms with Gasteiger partial charge in [-0.05, 0) is 24.3 Å². The lowest BCUT2D eigenvalue weighted by atomic mass is 9.92. The molecule has 0 spiro atoms. The molecule has 1 amide bonds. The van der Waals surface area contributed by atoms with Crippen molar-refractivity contribution >= 4 is 27.5 Å². The van der Waals surface area contributed by atoms with Gasteiger partial charge in [0.15, 0.2) is 0 Å². The van der Waals surface area contributed by atoms with Gasteiger partial charge >= 0.3 is 6.18 Å². The molecule has 3 rings (SSSR count). The average molecular weight is 493 g/mol. The summed E-state index contributed by atoms with van der Waals surface area (Å²) in [7, 11) is -2.51. The van der Waals surface area contributed by atoms with Crippen molar-refractivity contribution in [1.29, 1.82) is 0 Å². The number of amides is 1. The zero-order valence-electron chi connectivity index (χ0n) is 18.1. The highest BCUT2D eigenvalue weighted by molar-refractivity contribution is 7.89. The first-order chi connectivity index (χ1) is 14.6. The number of benzene rings is 1. The summed E-state index contributed by atoms with van der Waals surface area (Å²) >= 11 is 5.59. The van der Waals surface area contributed by atoms with E-state index in [9.17, 15) is 26.4 Å². The fraction of sp³-hybridized carbons (Fsp3) is 0.500. The van der Waals surface area contributed by atoms with E-state index in [1.165, 1.54) is 9.58 Å². The van der Waals surface area contributed by atoms with Gasteiger partial charge in [0.2, 0.25) is 10.0 Å². The van der Waals surface area contributed by atoms with Crippen molar-refractivity contribution < 1.29 is 26.4 Å². The SMILES string of the molecule is Cn1nc(C(C)(C)C)cc1C(=O)N1CCN(S(=O)(=O)c2ccc(Cl)c(C(F)(F)F)c2)CC1. The molecule has 1 fully saturated rings. The summed E-state index contributed by atoms with van der Waals surface area (Å²) in [6.45, 7) is 6.07. The van der Waals surface area contributed by atoms with Gasteiger partial charge in [-0.2, -0.15) is 22.6 Å². The largest absolute Gasteiger partial charge is 0.417 e. The van der Waals surface area contributed by atoms with Crippen LogP contribution in [0.15, 0.2) is 29.2 Å². The summed E-state index contributed by atoms with van der Waals surface area (Å²) in [6.07, 6.45) is -4.78. The Morgan fingerprint density at radius 3 is 2.16 bits per heavy atom. The third-order valence-corrected chi connectivity index (χ3v) is 7.50. The van der Waals surface area contributed by atoms with Gasteiger partial charge in [0.05, 0.1) is 21.2 Å². The Labute approximate surface area is 189 Å². The lowest BCUT2D eigenvalue weighted by Gasteiger charge is -2.34. The van der Waals surface area contributed by atoms with Crippen LogP contribution >= 0.6 is 11.6 Å². The summed E-state index contributed by atoms with van der Waals surface area (Å²) in [5, 5.41) is 3.82. The Balaban J connectivity index is 1.76. The average Bonchev–Trinajstić information content (AvgIpc) is 3.09. The molecule has 0 aliphatic carbocycles. The van der Waals surface area contributed by atoms with Crippen LogP contribution in [0, 0.1) is 0 Å². The minimum atomic E-state index is -4.78. The second-order valence-electron chi connectivity index (χ2n) is 8.62. The third-order valence-electron chi connectivity index (χ3n) is 5.27. The van der Waals surface area contributed by atoms with Crippen molar-refractivity contribution in [2.45, 2.75) is 37.3 Å². The van der Waals surface area contributed by atoms with Crippen molar-refractivity contribution in [3.63, 3.8) is 0 Å². The van der Waals surface area contributed by atoms with E-state index in [2.05, 4.69) is 5.10 Å². The quantitative estimate of drug-likeness (QED) is 0.657. The van der Waals surface area contributed by atoms with E-state index in [0.717, 1.165) is 22.1 Å². The van der Waals surface area contributed by atoms with Crippen molar-refractivity contribution in [3.05, 3.63) is 46.2 Å². The summed E-state index contributed by atoms with van der Waals surface area (Å²) in [4.78, 5) is 14.0. The Hall–Kier alpha value is -2.11. The van der Waals surface area contributed by atoms with Crippen LogP contribution in [-0.2, 0) is 28.7 Å². The molecule has 0 atom stereocenters. The van der Waals surface area contributed by atoms with Crippen LogP contribution in [0.3, 0.4) is 0 Å². The first-order valence-corrected chi connectivity index (χ1v) is 11.6. The number of nitrogens with zero attached hydrogens (tertiary/aromatic N) is 4. The van der Waals surface area contributed by atoms with E-state index in [1.54, 1.807) is 13.1 Å². The van der Waals surface area contributed by atoms with E-state index < -0.39 is 31.7 Å². The number of aryl methyl sites for hydroxylation is 1. The van der Waals surface area contributed by atoms with E-state index in [-0.39, 0.29) is 37.5 Å². The minimum absolute atomic E-state index is 0.0397. The molecule has 0 bridgehead atoms. The predicted octanol–water partition coefficient (Wildman–Crippen LogP) is 3.54. The number of halogens is 4.